The number of nitrogens with zero attached hydrogens (tertiary/aromatic N) is 3. The molecule has 1 saturated heterocycles. The average molecular weight is 261 g/mol. The molecule has 2 heterocycles. The lowest BCUT2D eigenvalue weighted by molar-refractivity contribution is 0.0696. The standard InChI is InChI=1S/C14H19N3O2/c18-13(19)11-3-8-15-16-12(11)17-9-6-14(7-10-17)4-1-2-5-14/h3,8H,1-2,4-7,9-10H2,(H,18,19). The normalized spacial score (nSPS) is 21.8. The molecule has 0 radical (unpaired) electrons. The Labute approximate surface area is 112 Å². The Morgan fingerprint density at radius 3 is 2.53 bits per heavy atom. The van der Waals surface area contributed by atoms with Crippen LogP contribution in [0.25, 0.3) is 0 Å². The molecule has 0 aromatic carbocycles. The Morgan fingerprint density at radius 2 is 1.89 bits per heavy atom. The average Bonchev–Trinajstić information content (AvgIpc) is 2.88. The molecule has 19 heavy (non-hydrogen) atoms. The maximum atomic E-state index is 11.2. The molecule has 1 aromatic rings. The number of carbonyl (C=O) groups is 1. The summed E-state index contributed by atoms with van der Waals surface area (Å²) < 4.78 is 0. The second kappa shape index (κ2) is 4.79. The van der Waals surface area contributed by atoms with Crippen LogP contribution in [0, 0.1) is 5.41 Å². The fourth-order valence-electron chi connectivity index (χ4n) is 3.54. The van der Waals surface area contributed by atoms with Gasteiger partial charge in [0.15, 0.2) is 5.82 Å². The molecule has 0 unspecified atom stereocenters. The summed E-state index contributed by atoms with van der Waals surface area (Å²) in [6.45, 7) is 1.80. The van der Waals surface area contributed by atoms with Crippen molar-refractivity contribution in [3.05, 3.63) is 17.8 Å². The highest BCUT2D eigenvalue weighted by Crippen LogP contribution is 2.46. The van der Waals surface area contributed by atoms with Crippen molar-refractivity contribution in [2.24, 2.45) is 5.41 Å². The van der Waals surface area contributed by atoms with Gasteiger partial charge in [0, 0.05) is 13.1 Å². The van der Waals surface area contributed by atoms with Crippen LogP contribution in [0.3, 0.4) is 0 Å². The van der Waals surface area contributed by atoms with E-state index in [1.807, 2.05) is 0 Å². The Balaban J connectivity index is 1.76. The van der Waals surface area contributed by atoms with Gasteiger partial charge in [-0.2, -0.15) is 5.10 Å². The van der Waals surface area contributed by atoms with Crippen LogP contribution in [0.15, 0.2) is 12.3 Å². The SMILES string of the molecule is O=C(O)c1ccnnc1N1CCC2(CCCC2)CC1. The second-order valence-electron chi connectivity index (χ2n) is 5.77. The number of carboxylic acids is 1. The fraction of sp³-hybridized carbons (Fsp3) is 0.643. The molecule has 1 aromatic heterocycles. The molecule has 102 valence electrons. The van der Waals surface area contributed by atoms with Gasteiger partial charge in [-0.1, -0.05) is 12.8 Å². The molecule has 0 amide bonds. The maximum Gasteiger partial charge on any atom is 0.339 e. The van der Waals surface area contributed by atoms with Crippen LogP contribution >= 0.6 is 0 Å². The minimum absolute atomic E-state index is 0.261. The molecule has 5 heteroatoms. The highest BCUT2D eigenvalue weighted by atomic mass is 16.4. The van der Waals surface area contributed by atoms with Gasteiger partial charge in [-0.3, -0.25) is 0 Å². The van der Waals surface area contributed by atoms with E-state index in [-0.39, 0.29) is 5.56 Å². The van der Waals surface area contributed by atoms with Gasteiger partial charge in [-0.05, 0) is 37.2 Å². The van der Waals surface area contributed by atoms with Crippen molar-refractivity contribution in [2.75, 3.05) is 18.0 Å². The topological polar surface area (TPSA) is 66.3 Å². The van der Waals surface area contributed by atoms with Crippen molar-refractivity contribution in [3.63, 3.8) is 0 Å². The Kier molecular flexibility index (Phi) is 3.12. The molecule has 0 bridgehead atoms. The van der Waals surface area contributed by atoms with Crippen LogP contribution in [-0.2, 0) is 0 Å². The van der Waals surface area contributed by atoms with E-state index in [1.165, 1.54) is 37.9 Å². The van der Waals surface area contributed by atoms with Crippen LogP contribution in [0.2, 0.25) is 0 Å². The monoisotopic (exact) mass is 261 g/mol. The third kappa shape index (κ3) is 2.29. The van der Waals surface area contributed by atoms with E-state index >= 15 is 0 Å². The summed E-state index contributed by atoms with van der Waals surface area (Å²) in [4.78, 5) is 13.3. The van der Waals surface area contributed by atoms with Gasteiger partial charge in [-0.15, -0.1) is 5.10 Å². The lowest BCUT2D eigenvalue weighted by atomic mass is 9.77. The van der Waals surface area contributed by atoms with E-state index < -0.39 is 5.97 Å². The molecular weight excluding hydrogens is 242 g/mol. The summed E-state index contributed by atoms with van der Waals surface area (Å²) in [6, 6.07) is 1.53. The third-order valence-electron chi connectivity index (χ3n) is 4.72. The molecule has 5 nitrogen and oxygen atoms in total. The van der Waals surface area contributed by atoms with Crippen LogP contribution in [0.5, 0.6) is 0 Å². The molecule has 2 aliphatic rings. The molecule has 2 fully saturated rings. The summed E-state index contributed by atoms with van der Waals surface area (Å²) >= 11 is 0. The molecule has 1 aliphatic heterocycles. The number of carboxylic acid groups (broad SMARTS) is 1. The van der Waals surface area contributed by atoms with Crippen molar-refractivity contribution in [1.82, 2.24) is 10.2 Å². The quantitative estimate of drug-likeness (QED) is 0.885. The van der Waals surface area contributed by atoms with E-state index in [0.29, 0.717) is 11.2 Å². The smallest absolute Gasteiger partial charge is 0.339 e. The molecule has 1 saturated carbocycles. The van der Waals surface area contributed by atoms with Crippen LogP contribution < -0.4 is 4.90 Å². The van der Waals surface area contributed by atoms with Gasteiger partial charge in [0.2, 0.25) is 0 Å². The van der Waals surface area contributed by atoms with Gasteiger partial charge >= 0.3 is 5.97 Å². The van der Waals surface area contributed by atoms with Gasteiger partial charge in [0.05, 0.1) is 6.20 Å². The molecular formula is C14H19N3O2. The lowest BCUT2D eigenvalue weighted by Crippen LogP contribution is -2.40. The summed E-state index contributed by atoms with van der Waals surface area (Å²) in [5.74, 6) is -0.395. The predicted octanol–water partition coefficient (Wildman–Crippen LogP) is 2.34. The minimum Gasteiger partial charge on any atom is -0.478 e. The number of piperidine rings is 1. The molecule has 1 N–H and O–H groups in total. The van der Waals surface area contributed by atoms with Crippen LogP contribution in [0.4, 0.5) is 5.82 Å². The van der Waals surface area contributed by atoms with E-state index in [0.717, 1.165) is 25.9 Å². The van der Waals surface area contributed by atoms with Crippen LogP contribution in [-0.4, -0.2) is 34.4 Å². The van der Waals surface area contributed by atoms with Gasteiger partial charge in [0.25, 0.3) is 0 Å². The van der Waals surface area contributed by atoms with E-state index in [9.17, 15) is 9.90 Å². The fourth-order valence-corrected chi connectivity index (χ4v) is 3.54. The largest absolute Gasteiger partial charge is 0.478 e. The first-order valence-corrected chi connectivity index (χ1v) is 7.00. The number of hydrogen-bond acceptors (Lipinski definition) is 4. The van der Waals surface area contributed by atoms with Crippen molar-refractivity contribution in [1.29, 1.82) is 0 Å². The third-order valence-corrected chi connectivity index (χ3v) is 4.72. The number of hydrogen-bond donors (Lipinski definition) is 1. The van der Waals surface area contributed by atoms with Crippen LogP contribution in [0.1, 0.15) is 48.9 Å². The maximum absolute atomic E-state index is 11.2. The Morgan fingerprint density at radius 1 is 1.21 bits per heavy atom. The first kappa shape index (κ1) is 12.4. The number of aromatic carboxylic acids is 1. The van der Waals surface area contributed by atoms with E-state index in [2.05, 4.69) is 15.1 Å². The van der Waals surface area contributed by atoms with Gasteiger partial charge in [0.1, 0.15) is 5.56 Å². The number of rotatable bonds is 2. The molecule has 1 aliphatic carbocycles. The lowest BCUT2D eigenvalue weighted by Gasteiger charge is -2.40. The van der Waals surface area contributed by atoms with E-state index in [4.69, 9.17) is 0 Å². The van der Waals surface area contributed by atoms with Gasteiger partial charge < -0.3 is 10.0 Å². The zero-order chi connectivity index (χ0) is 13.3. The summed E-state index contributed by atoms with van der Waals surface area (Å²) in [7, 11) is 0. The summed E-state index contributed by atoms with van der Waals surface area (Å²) in [5.41, 5.74) is 0.791. The van der Waals surface area contributed by atoms with Crippen molar-refractivity contribution in [3.8, 4) is 0 Å². The van der Waals surface area contributed by atoms with E-state index in [1.54, 1.807) is 0 Å². The first-order valence-electron chi connectivity index (χ1n) is 7.00. The van der Waals surface area contributed by atoms with Crippen molar-refractivity contribution < 1.29 is 9.90 Å². The first-order chi connectivity index (χ1) is 9.20. The Hall–Kier alpha value is -1.65. The highest BCUT2D eigenvalue weighted by Gasteiger charge is 2.37. The number of anilines is 1. The Bertz CT molecular complexity index is 473. The molecule has 3 rings (SSSR count). The summed E-state index contributed by atoms with van der Waals surface area (Å²) in [6.07, 6.45) is 9.14. The molecule has 1 spiro atoms. The highest BCUT2D eigenvalue weighted by molar-refractivity contribution is 5.93. The number of aromatic nitrogens is 2. The zero-order valence-corrected chi connectivity index (χ0v) is 11.0. The summed E-state index contributed by atoms with van der Waals surface area (Å²) in [5, 5.41) is 17.1. The predicted molar refractivity (Wildman–Crippen MR) is 71.3 cm³/mol. The van der Waals surface area contributed by atoms with Gasteiger partial charge in [-0.25, -0.2) is 4.79 Å². The second-order valence-corrected chi connectivity index (χ2v) is 5.77. The minimum atomic E-state index is -0.925. The van der Waals surface area contributed by atoms with Crippen molar-refractivity contribution >= 4 is 11.8 Å². The molecule has 0 atom stereocenters. The zero-order valence-electron chi connectivity index (χ0n) is 11.0. The van der Waals surface area contributed by atoms with Crippen molar-refractivity contribution in [2.45, 2.75) is 38.5 Å².